The second kappa shape index (κ2) is 14.3. The van der Waals surface area contributed by atoms with Gasteiger partial charge in [-0.2, -0.15) is 26.3 Å². The van der Waals surface area contributed by atoms with Crippen LogP contribution in [0.25, 0.3) is 0 Å². The minimum Gasteiger partial charge on any atom is -0.475 e. The second-order valence-corrected chi connectivity index (χ2v) is 12.9. The van der Waals surface area contributed by atoms with Gasteiger partial charge in [0.25, 0.3) is 0 Å². The molecule has 2 aliphatic carbocycles. The molecule has 1 fully saturated rings. The summed E-state index contributed by atoms with van der Waals surface area (Å²) in [6, 6.07) is 16.3. The molecule has 3 aromatic rings. The summed E-state index contributed by atoms with van der Waals surface area (Å²) in [5, 5.41) is 15.8. The highest BCUT2D eigenvalue weighted by molar-refractivity contribution is 6.06. The van der Waals surface area contributed by atoms with Crippen LogP contribution in [0.2, 0.25) is 0 Å². The lowest BCUT2D eigenvalue weighted by atomic mass is 9.79. The maximum Gasteiger partial charge on any atom is 0.490 e. The Morgan fingerprint density at radius 2 is 1.59 bits per heavy atom. The summed E-state index contributed by atoms with van der Waals surface area (Å²) in [6.07, 6.45) is -7.23. The maximum absolute atomic E-state index is 14.4. The first-order chi connectivity index (χ1) is 24.0. The molecule has 16 heteroatoms. The van der Waals surface area contributed by atoms with Crippen molar-refractivity contribution in [3.05, 3.63) is 88.6 Å². The highest BCUT2D eigenvalue weighted by atomic mass is 19.4. The van der Waals surface area contributed by atoms with Crippen LogP contribution < -0.4 is 16.0 Å². The van der Waals surface area contributed by atoms with E-state index in [0.717, 1.165) is 27.2 Å². The third kappa shape index (κ3) is 7.55. The fourth-order valence-electron chi connectivity index (χ4n) is 7.10. The van der Waals surface area contributed by atoms with E-state index in [1.807, 2.05) is 24.3 Å². The third-order valence-electron chi connectivity index (χ3n) is 9.58. The maximum atomic E-state index is 14.4. The molecule has 2 aromatic carbocycles. The number of aromatic nitrogens is 1. The first-order valence-electron chi connectivity index (χ1n) is 16.1. The van der Waals surface area contributed by atoms with Gasteiger partial charge in [-0.3, -0.25) is 14.4 Å². The molecule has 0 radical (unpaired) electrons. The molecule has 1 spiro atoms. The minimum atomic E-state index is -5.08. The molecule has 3 amide bonds. The zero-order valence-electron chi connectivity index (χ0n) is 27.4. The number of alkyl halides is 6. The van der Waals surface area contributed by atoms with E-state index in [9.17, 15) is 40.7 Å². The van der Waals surface area contributed by atoms with Gasteiger partial charge in [-0.05, 0) is 73.2 Å². The average Bonchev–Trinajstić information content (AvgIpc) is 3.78. The van der Waals surface area contributed by atoms with Gasteiger partial charge in [0.1, 0.15) is 17.8 Å². The number of fused-ring (bicyclic) bond motifs is 3. The number of anilines is 2. The Morgan fingerprint density at radius 3 is 2.22 bits per heavy atom. The van der Waals surface area contributed by atoms with Crippen LogP contribution >= 0.6 is 0 Å². The molecular weight excluding hydrogens is 684 g/mol. The lowest BCUT2D eigenvalue weighted by Crippen LogP contribution is -2.52. The molecule has 0 bridgehead atoms. The number of carboxylic acids is 1. The Kier molecular flexibility index (Phi) is 10.5. The molecule has 1 atom stereocenters. The predicted molar refractivity (Wildman–Crippen MR) is 172 cm³/mol. The number of pyridine rings is 1. The molecular formula is C35H35F6N5O5. The SMILES string of the molecule is CNCc1ccccc1CN(CC(=O)Nc1ccc2c(c1)C[C@@]1(C2)C(=O)Nc2ncccc21)C(=O)C1(C(F)(F)F)CCCC1.O=C(O)C(F)(F)F. The number of benzene rings is 2. The number of nitrogens with zero attached hydrogens (tertiary/aromatic N) is 2. The molecule has 10 nitrogen and oxygen atoms in total. The Balaban J connectivity index is 0.000000654. The Bertz CT molecular complexity index is 1820. The van der Waals surface area contributed by atoms with E-state index >= 15 is 0 Å². The van der Waals surface area contributed by atoms with Crippen LogP contribution in [0.3, 0.4) is 0 Å². The van der Waals surface area contributed by atoms with Crippen LogP contribution in [0.4, 0.5) is 37.8 Å². The standard InChI is InChI=1S/C33H34F3N5O3.C2HF3O2/c1-37-18-22-7-2-3-8-23(22)19-41(30(44)32(33(34,35)36)12-4-5-13-32)20-27(42)39-25-11-10-21-16-31(17-24(21)15-25)26-9-6-14-38-28(26)40-29(31)43;3-2(4,5)1(6)7/h2-3,6-11,14-15,37H,4-5,12-13,16-20H2,1H3,(H,39,42)(H,38,40,43);(H,6,7)/t31-;/m1./s1. The quantitative estimate of drug-likeness (QED) is 0.225. The number of carbonyl (C=O) groups excluding carboxylic acids is 3. The van der Waals surface area contributed by atoms with Crippen molar-refractivity contribution in [3.63, 3.8) is 0 Å². The molecule has 272 valence electrons. The van der Waals surface area contributed by atoms with Crippen LogP contribution in [-0.2, 0) is 50.5 Å². The normalized spacial score (nSPS) is 18.7. The van der Waals surface area contributed by atoms with Crippen LogP contribution in [-0.4, -0.2) is 64.6 Å². The van der Waals surface area contributed by atoms with Crippen LogP contribution in [0.1, 0.15) is 53.5 Å². The summed E-state index contributed by atoms with van der Waals surface area (Å²) in [7, 11) is 1.76. The van der Waals surface area contributed by atoms with Crippen molar-refractivity contribution in [2.75, 3.05) is 24.2 Å². The van der Waals surface area contributed by atoms with Crippen molar-refractivity contribution >= 4 is 35.2 Å². The molecule has 4 N–H and O–H groups in total. The van der Waals surface area contributed by atoms with Crippen molar-refractivity contribution in [3.8, 4) is 0 Å². The summed E-state index contributed by atoms with van der Waals surface area (Å²) in [5.74, 6) is -3.98. The van der Waals surface area contributed by atoms with Crippen molar-refractivity contribution in [2.24, 2.45) is 5.41 Å². The fourth-order valence-corrected chi connectivity index (χ4v) is 7.10. The Hall–Kier alpha value is -4.99. The number of aliphatic carboxylic acids is 1. The molecule has 0 saturated heterocycles. The topological polar surface area (TPSA) is 141 Å². The van der Waals surface area contributed by atoms with Gasteiger partial charge in [0.05, 0.1) is 5.41 Å². The average molecular weight is 720 g/mol. The molecule has 0 unspecified atom stereocenters. The van der Waals surface area contributed by atoms with Gasteiger partial charge < -0.3 is 26.0 Å². The zero-order valence-corrected chi connectivity index (χ0v) is 27.4. The minimum absolute atomic E-state index is 0.119. The van der Waals surface area contributed by atoms with E-state index in [4.69, 9.17) is 9.90 Å². The fraction of sp³-hybridized carbons (Fsp3) is 0.400. The lowest BCUT2D eigenvalue weighted by Gasteiger charge is -2.36. The van der Waals surface area contributed by atoms with Crippen LogP contribution in [0.5, 0.6) is 0 Å². The molecule has 1 aliphatic heterocycles. The number of hydrogen-bond acceptors (Lipinski definition) is 6. The number of hydrogen-bond donors (Lipinski definition) is 4. The molecule has 1 aromatic heterocycles. The van der Waals surface area contributed by atoms with Crippen molar-refractivity contribution in [1.29, 1.82) is 0 Å². The van der Waals surface area contributed by atoms with Gasteiger partial charge in [0.15, 0.2) is 0 Å². The highest BCUT2D eigenvalue weighted by Crippen LogP contribution is 2.52. The summed E-state index contributed by atoms with van der Waals surface area (Å²) in [4.78, 5) is 54.5. The largest absolute Gasteiger partial charge is 0.490 e. The molecule has 3 aliphatic rings. The third-order valence-corrected chi connectivity index (χ3v) is 9.58. The van der Waals surface area contributed by atoms with Crippen LogP contribution in [0, 0.1) is 5.41 Å². The first-order valence-corrected chi connectivity index (χ1v) is 16.1. The van der Waals surface area contributed by atoms with E-state index in [1.54, 1.807) is 43.6 Å². The first kappa shape index (κ1) is 37.3. The molecule has 2 heterocycles. The number of rotatable bonds is 8. The highest BCUT2D eigenvalue weighted by Gasteiger charge is 2.62. The van der Waals surface area contributed by atoms with Gasteiger partial charge >= 0.3 is 18.3 Å². The van der Waals surface area contributed by atoms with Crippen molar-refractivity contribution < 1.29 is 50.6 Å². The second-order valence-electron chi connectivity index (χ2n) is 12.9. The number of carbonyl (C=O) groups is 4. The predicted octanol–water partition coefficient (Wildman–Crippen LogP) is 5.51. The number of nitrogens with one attached hydrogen (secondary N) is 3. The number of carboxylic acid groups (broad SMARTS) is 1. The molecule has 51 heavy (non-hydrogen) atoms. The monoisotopic (exact) mass is 719 g/mol. The Labute approximate surface area is 288 Å². The van der Waals surface area contributed by atoms with Gasteiger partial charge in [0.2, 0.25) is 17.7 Å². The van der Waals surface area contributed by atoms with E-state index in [0.29, 0.717) is 49.3 Å². The van der Waals surface area contributed by atoms with Gasteiger partial charge in [-0.1, -0.05) is 49.2 Å². The van der Waals surface area contributed by atoms with E-state index in [1.165, 1.54) is 0 Å². The van der Waals surface area contributed by atoms with Crippen LogP contribution in [0.15, 0.2) is 60.8 Å². The zero-order chi connectivity index (χ0) is 37.2. The van der Waals surface area contributed by atoms with Crippen molar-refractivity contribution in [1.82, 2.24) is 15.2 Å². The summed E-state index contributed by atoms with van der Waals surface area (Å²) in [6.45, 7) is -0.200. The smallest absolute Gasteiger partial charge is 0.475 e. The van der Waals surface area contributed by atoms with E-state index in [-0.39, 0.29) is 25.3 Å². The van der Waals surface area contributed by atoms with Gasteiger partial charge in [-0.25, -0.2) is 9.78 Å². The summed E-state index contributed by atoms with van der Waals surface area (Å²) >= 11 is 0. The number of amides is 3. The number of halogens is 6. The van der Waals surface area contributed by atoms with Crippen molar-refractivity contribution in [2.45, 2.75) is 69.4 Å². The molecule has 6 rings (SSSR count). The molecule has 1 saturated carbocycles. The summed E-state index contributed by atoms with van der Waals surface area (Å²) in [5.41, 5.74) is 1.39. The van der Waals surface area contributed by atoms with Gasteiger partial charge in [0, 0.05) is 30.5 Å². The summed E-state index contributed by atoms with van der Waals surface area (Å²) < 4.78 is 75.0. The Morgan fingerprint density at radius 1 is 0.941 bits per heavy atom. The van der Waals surface area contributed by atoms with E-state index < -0.39 is 47.5 Å². The van der Waals surface area contributed by atoms with E-state index in [2.05, 4.69) is 20.9 Å². The lowest BCUT2D eigenvalue weighted by molar-refractivity contribution is -0.226. The van der Waals surface area contributed by atoms with Gasteiger partial charge in [-0.15, -0.1) is 0 Å².